The summed E-state index contributed by atoms with van der Waals surface area (Å²) in [5.74, 6) is -0.227. The molecule has 0 bridgehead atoms. The van der Waals surface area contributed by atoms with E-state index in [4.69, 9.17) is 17.3 Å². The number of pyridine rings is 1. The molecule has 0 aliphatic heterocycles. The SMILES string of the molecule is CC(C)C(CN)C(O)c1ccc(C(F)(F)F)nc1Cl. The number of nitrogens with zero attached hydrogens (tertiary/aromatic N) is 1. The van der Waals surface area contributed by atoms with Gasteiger partial charge >= 0.3 is 6.18 Å². The van der Waals surface area contributed by atoms with Crippen LogP contribution in [-0.4, -0.2) is 16.6 Å². The zero-order valence-electron chi connectivity index (χ0n) is 10.6. The average molecular weight is 297 g/mol. The van der Waals surface area contributed by atoms with Crippen LogP contribution in [0, 0.1) is 11.8 Å². The molecule has 1 aromatic rings. The van der Waals surface area contributed by atoms with Crippen LogP contribution in [0.15, 0.2) is 12.1 Å². The van der Waals surface area contributed by atoms with Gasteiger partial charge in [-0.25, -0.2) is 4.98 Å². The molecule has 0 radical (unpaired) electrons. The molecule has 1 rings (SSSR count). The monoisotopic (exact) mass is 296 g/mol. The van der Waals surface area contributed by atoms with Crippen molar-refractivity contribution in [2.24, 2.45) is 17.6 Å². The molecule has 0 fully saturated rings. The largest absolute Gasteiger partial charge is 0.433 e. The minimum atomic E-state index is -4.56. The number of aliphatic hydroxyl groups is 1. The maximum atomic E-state index is 12.5. The van der Waals surface area contributed by atoms with Crippen LogP contribution in [-0.2, 0) is 6.18 Å². The lowest BCUT2D eigenvalue weighted by Gasteiger charge is -2.25. The lowest BCUT2D eigenvalue weighted by molar-refractivity contribution is -0.141. The second kappa shape index (κ2) is 6.07. The molecule has 1 aromatic heterocycles. The van der Waals surface area contributed by atoms with Crippen LogP contribution in [0.4, 0.5) is 13.2 Å². The predicted octanol–water partition coefficient (Wildman–Crippen LogP) is 3.02. The molecule has 108 valence electrons. The fourth-order valence-electron chi connectivity index (χ4n) is 1.82. The van der Waals surface area contributed by atoms with Gasteiger partial charge in [0.1, 0.15) is 10.8 Å². The quantitative estimate of drug-likeness (QED) is 0.840. The second-order valence-electron chi connectivity index (χ2n) is 4.66. The summed E-state index contributed by atoms with van der Waals surface area (Å²) >= 11 is 5.72. The predicted molar refractivity (Wildman–Crippen MR) is 66.6 cm³/mol. The molecule has 0 aliphatic rings. The molecule has 0 aliphatic carbocycles. The van der Waals surface area contributed by atoms with Crippen LogP contribution < -0.4 is 5.73 Å². The summed E-state index contributed by atoms with van der Waals surface area (Å²) < 4.78 is 37.4. The number of halogens is 4. The van der Waals surface area contributed by atoms with Gasteiger partial charge in [-0.15, -0.1) is 0 Å². The van der Waals surface area contributed by atoms with Gasteiger partial charge in [0.05, 0.1) is 6.10 Å². The second-order valence-corrected chi connectivity index (χ2v) is 5.02. The van der Waals surface area contributed by atoms with Crippen molar-refractivity contribution in [3.63, 3.8) is 0 Å². The van der Waals surface area contributed by atoms with E-state index in [-0.39, 0.29) is 29.1 Å². The van der Waals surface area contributed by atoms with Gasteiger partial charge in [-0.05, 0) is 18.5 Å². The summed E-state index contributed by atoms with van der Waals surface area (Å²) in [7, 11) is 0. The highest BCUT2D eigenvalue weighted by molar-refractivity contribution is 6.30. The third kappa shape index (κ3) is 3.81. The molecular formula is C12H16ClF3N2O. The van der Waals surface area contributed by atoms with Gasteiger partial charge in [0.15, 0.2) is 0 Å². The first kappa shape index (κ1) is 16.2. The van der Waals surface area contributed by atoms with E-state index in [0.717, 1.165) is 12.1 Å². The molecule has 2 unspecified atom stereocenters. The molecule has 19 heavy (non-hydrogen) atoms. The van der Waals surface area contributed by atoms with Crippen molar-refractivity contribution >= 4 is 11.6 Å². The minimum Gasteiger partial charge on any atom is -0.388 e. The summed E-state index contributed by atoms with van der Waals surface area (Å²) in [6.07, 6.45) is -5.59. The number of aromatic nitrogens is 1. The zero-order valence-corrected chi connectivity index (χ0v) is 11.3. The molecule has 1 heterocycles. The van der Waals surface area contributed by atoms with Gasteiger partial charge in [0.25, 0.3) is 0 Å². The first-order valence-corrected chi connectivity index (χ1v) is 6.18. The smallest absolute Gasteiger partial charge is 0.388 e. The molecule has 0 saturated heterocycles. The fourth-order valence-corrected chi connectivity index (χ4v) is 2.09. The zero-order chi connectivity index (χ0) is 14.8. The van der Waals surface area contributed by atoms with Crippen molar-refractivity contribution in [1.82, 2.24) is 4.98 Å². The van der Waals surface area contributed by atoms with E-state index in [0.29, 0.717) is 0 Å². The van der Waals surface area contributed by atoms with Crippen LogP contribution in [0.2, 0.25) is 5.15 Å². The molecule has 0 amide bonds. The van der Waals surface area contributed by atoms with Crippen molar-refractivity contribution in [3.05, 3.63) is 28.5 Å². The van der Waals surface area contributed by atoms with Crippen LogP contribution >= 0.6 is 11.6 Å². The molecule has 0 spiro atoms. The molecule has 7 heteroatoms. The summed E-state index contributed by atoms with van der Waals surface area (Å²) in [6.45, 7) is 3.94. The van der Waals surface area contributed by atoms with Crippen LogP contribution in [0.3, 0.4) is 0 Å². The van der Waals surface area contributed by atoms with Crippen molar-refractivity contribution < 1.29 is 18.3 Å². The average Bonchev–Trinajstić information content (AvgIpc) is 2.27. The minimum absolute atomic E-state index is 0.0679. The summed E-state index contributed by atoms with van der Waals surface area (Å²) in [4.78, 5) is 3.28. The highest BCUT2D eigenvalue weighted by Crippen LogP contribution is 2.34. The van der Waals surface area contributed by atoms with Gasteiger partial charge in [0, 0.05) is 11.5 Å². The van der Waals surface area contributed by atoms with Gasteiger partial charge in [-0.3, -0.25) is 0 Å². The Morgan fingerprint density at radius 3 is 2.32 bits per heavy atom. The Bertz CT molecular complexity index is 437. The Kier molecular flexibility index (Phi) is 5.18. The van der Waals surface area contributed by atoms with E-state index < -0.39 is 18.0 Å². The van der Waals surface area contributed by atoms with Gasteiger partial charge in [-0.1, -0.05) is 31.5 Å². The van der Waals surface area contributed by atoms with Crippen molar-refractivity contribution in [1.29, 1.82) is 0 Å². The first-order chi connectivity index (χ1) is 8.68. The van der Waals surface area contributed by atoms with E-state index >= 15 is 0 Å². The van der Waals surface area contributed by atoms with Gasteiger partial charge in [0.2, 0.25) is 0 Å². The standard InChI is InChI=1S/C12H16ClF3N2O/c1-6(2)8(5-17)10(19)7-3-4-9(12(14,15)16)18-11(7)13/h3-4,6,8,10,19H,5,17H2,1-2H3. The molecule has 3 nitrogen and oxygen atoms in total. The Morgan fingerprint density at radius 2 is 1.95 bits per heavy atom. The summed E-state index contributed by atoms with van der Waals surface area (Å²) in [5.41, 5.74) is 4.64. The maximum Gasteiger partial charge on any atom is 0.433 e. The molecule has 0 aromatic carbocycles. The number of hydrogen-bond donors (Lipinski definition) is 2. The molecule has 0 saturated carbocycles. The Labute approximate surface area is 114 Å². The van der Waals surface area contributed by atoms with E-state index in [2.05, 4.69) is 4.98 Å². The normalized spacial score (nSPS) is 15.6. The maximum absolute atomic E-state index is 12.5. The summed E-state index contributed by atoms with van der Waals surface area (Å²) in [5, 5.41) is 9.79. The van der Waals surface area contributed by atoms with Crippen LogP contribution in [0.5, 0.6) is 0 Å². The van der Waals surface area contributed by atoms with Crippen molar-refractivity contribution in [2.45, 2.75) is 26.1 Å². The van der Waals surface area contributed by atoms with Crippen molar-refractivity contribution in [3.8, 4) is 0 Å². The van der Waals surface area contributed by atoms with E-state index in [1.54, 1.807) is 0 Å². The fraction of sp³-hybridized carbons (Fsp3) is 0.583. The number of rotatable bonds is 4. The molecule has 2 atom stereocenters. The summed E-state index contributed by atoms with van der Waals surface area (Å²) in [6, 6.07) is 1.95. The Balaban J connectivity index is 3.09. The highest BCUT2D eigenvalue weighted by atomic mass is 35.5. The van der Waals surface area contributed by atoms with Crippen LogP contribution in [0.25, 0.3) is 0 Å². The number of aliphatic hydroxyl groups excluding tert-OH is 1. The lowest BCUT2D eigenvalue weighted by Crippen LogP contribution is -2.27. The highest BCUT2D eigenvalue weighted by Gasteiger charge is 2.34. The van der Waals surface area contributed by atoms with Crippen molar-refractivity contribution in [2.75, 3.05) is 6.54 Å². The van der Waals surface area contributed by atoms with E-state index in [9.17, 15) is 18.3 Å². The number of alkyl halides is 3. The van der Waals surface area contributed by atoms with Gasteiger partial charge < -0.3 is 10.8 Å². The molecular weight excluding hydrogens is 281 g/mol. The third-order valence-electron chi connectivity index (χ3n) is 3.02. The van der Waals surface area contributed by atoms with E-state index in [1.165, 1.54) is 0 Å². The van der Waals surface area contributed by atoms with E-state index in [1.807, 2.05) is 13.8 Å². The lowest BCUT2D eigenvalue weighted by atomic mass is 9.87. The number of nitrogens with two attached hydrogens (primary N) is 1. The first-order valence-electron chi connectivity index (χ1n) is 5.80. The topological polar surface area (TPSA) is 59.1 Å². The third-order valence-corrected chi connectivity index (χ3v) is 3.32. The van der Waals surface area contributed by atoms with Gasteiger partial charge in [-0.2, -0.15) is 13.2 Å². The number of hydrogen-bond acceptors (Lipinski definition) is 3. The molecule has 3 N–H and O–H groups in total. The van der Waals surface area contributed by atoms with Crippen LogP contribution in [0.1, 0.15) is 31.2 Å². The Morgan fingerprint density at radius 1 is 1.37 bits per heavy atom. The Hall–Kier alpha value is -0.850.